The van der Waals surface area contributed by atoms with E-state index < -0.39 is 17.1 Å². The highest BCUT2D eigenvalue weighted by molar-refractivity contribution is 5.88. The predicted octanol–water partition coefficient (Wildman–Crippen LogP) is 5.91. The Bertz CT molecular complexity index is 1700. The van der Waals surface area contributed by atoms with Gasteiger partial charge in [-0.2, -0.15) is 4.80 Å². The summed E-state index contributed by atoms with van der Waals surface area (Å²) >= 11 is 0. The van der Waals surface area contributed by atoms with Gasteiger partial charge in [0.25, 0.3) is 0 Å². The van der Waals surface area contributed by atoms with Crippen LogP contribution in [0.25, 0.3) is 22.5 Å². The Kier molecular flexibility index (Phi) is 7.79. The minimum Gasteiger partial charge on any atom is -0.477 e. The third-order valence-electron chi connectivity index (χ3n) is 7.45. The van der Waals surface area contributed by atoms with E-state index in [1.807, 2.05) is 99.6 Å². The van der Waals surface area contributed by atoms with E-state index >= 15 is 0 Å². The van der Waals surface area contributed by atoms with Crippen LogP contribution in [0.15, 0.2) is 78.9 Å². The van der Waals surface area contributed by atoms with Gasteiger partial charge in [-0.1, -0.05) is 79.7 Å². The van der Waals surface area contributed by atoms with E-state index in [-0.39, 0.29) is 17.9 Å². The Morgan fingerprint density at radius 3 is 2.19 bits per heavy atom. The second-order valence-corrected chi connectivity index (χ2v) is 11.5. The van der Waals surface area contributed by atoms with Gasteiger partial charge in [0, 0.05) is 18.5 Å². The maximum atomic E-state index is 12.4. The van der Waals surface area contributed by atoms with Crippen LogP contribution in [0.1, 0.15) is 74.2 Å². The largest absolute Gasteiger partial charge is 0.477 e. The number of nitrogens with zero attached hydrogens (tertiary/aromatic N) is 6. The van der Waals surface area contributed by atoms with Crippen molar-refractivity contribution in [3.8, 4) is 22.5 Å². The first-order valence-electron chi connectivity index (χ1n) is 14.1. The number of rotatable bonds is 10. The summed E-state index contributed by atoms with van der Waals surface area (Å²) in [5, 5.41) is 34.7. The molecule has 42 heavy (non-hydrogen) atoms. The summed E-state index contributed by atoms with van der Waals surface area (Å²) in [6, 6.07) is 26.0. The first-order chi connectivity index (χ1) is 20.0. The van der Waals surface area contributed by atoms with Crippen molar-refractivity contribution in [3.63, 3.8) is 0 Å². The van der Waals surface area contributed by atoms with Gasteiger partial charge in [0.2, 0.25) is 5.82 Å². The van der Waals surface area contributed by atoms with Gasteiger partial charge in [-0.3, -0.25) is 0 Å². The highest BCUT2D eigenvalue weighted by atomic mass is 16.4. The van der Waals surface area contributed by atoms with Crippen molar-refractivity contribution in [1.29, 1.82) is 0 Å². The number of aromatic carboxylic acids is 1. The van der Waals surface area contributed by atoms with Crippen molar-refractivity contribution in [2.75, 3.05) is 0 Å². The number of carbonyl (C=O) groups is 1. The zero-order valence-electron chi connectivity index (χ0n) is 24.6. The molecule has 9 heteroatoms. The monoisotopic (exact) mass is 564 g/mol. The third kappa shape index (κ3) is 5.60. The Morgan fingerprint density at radius 1 is 0.905 bits per heavy atom. The third-order valence-corrected chi connectivity index (χ3v) is 7.45. The number of imidazole rings is 1. The van der Waals surface area contributed by atoms with Crippen molar-refractivity contribution >= 4 is 5.97 Å². The van der Waals surface area contributed by atoms with Crippen molar-refractivity contribution in [2.45, 2.75) is 65.1 Å². The van der Waals surface area contributed by atoms with E-state index in [9.17, 15) is 15.0 Å². The van der Waals surface area contributed by atoms with Crippen LogP contribution in [-0.4, -0.2) is 45.9 Å². The molecule has 5 rings (SSSR count). The molecule has 0 aliphatic heterocycles. The summed E-state index contributed by atoms with van der Waals surface area (Å²) in [6.45, 7) is 9.48. The van der Waals surface area contributed by atoms with Crippen LogP contribution < -0.4 is 0 Å². The Morgan fingerprint density at radius 2 is 1.57 bits per heavy atom. The summed E-state index contributed by atoms with van der Waals surface area (Å²) < 4.78 is 1.70. The normalized spacial score (nSPS) is 12.0. The van der Waals surface area contributed by atoms with Gasteiger partial charge in [0.05, 0.1) is 0 Å². The van der Waals surface area contributed by atoms with Crippen LogP contribution >= 0.6 is 0 Å². The highest BCUT2D eigenvalue weighted by Crippen LogP contribution is 2.33. The van der Waals surface area contributed by atoms with Gasteiger partial charge in [-0.05, 0) is 67.6 Å². The van der Waals surface area contributed by atoms with Crippen LogP contribution in [0, 0.1) is 0 Å². The van der Waals surface area contributed by atoms with Gasteiger partial charge >= 0.3 is 5.97 Å². The van der Waals surface area contributed by atoms with Gasteiger partial charge < -0.3 is 14.8 Å². The van der Waals surface area contributed by atoms with E-state index in [4.69, 9.17) is 5.10 Å². The topological polar surface area (TPSA) is 119 Å². The summed E-state index contributed by atoms with van der Waals surface area (Å²) in [4.78, 5) is 18.7. The first kappa shape index (κ1) is 28.9. The molecule has 0 saturated carbocycles. The zero-order valence-corrected chi connectivity index (χ0v) is 24.6. The number of carboxylic acid groups (broad SMARTS) is 1. The molecule has 0 amide bonds. The molecular weight excluding hydrogens is 528 g/mol. The smallest absolute Gasteiger partial charge is 0.354 e. The first-order valence-corrected chi connectivity index (χ1v) is 14.1. The lowest BCUT2D eigenvalue weighted by Crippen LogP contribution is -2.30. The average molecular weight is 565 g/mol. The van der Waals surface area contributed by atoms with Crippen molar-refractivity contribution in [2.24, 2.45) is 0 Å². The fourth-order valence-electron chi connectivity index (χ4n) is 5.17. The molecule has 9 nitrogen and oxygen atoms in total. The summed E-state index contributed by atoms with van der Waals surface area (Å²) in [7, 11) is 0. The number of carboxylic acids is 1. The Hall–Kier alpha value is -4.63. The maximum absolute atomic E-state index is 12.4. The molecule has 0 bridgehead atoms. The SMILES string of the molecule is CCCc1nc(C(C)(C)O)c(C(=O)O)n1Cc1ccc(-c2ccccc2)c(-c2nnn(C(C)(C)c3ccccc3)n2)c1. The van der Waals surface area contributed by atoms with E-state index in [1.54, 1.807) is 23.2 Å². The maximum Gasteiger partial charge on any atom is 0.354 e. The fourth-order valence-corrected chi connectivity index (χ4v) is 5.17. The fraction of sp³-hybridized carbons (Fsp3) is 0.303. The second kappa shape index (κ2) is 11.3. The quantitative estimate of drug-likeness (QED) is 0.216. The number of aliphatic hydroxyl groups is 1. The minimum atomic E-state index is -1.40. The molecule has 2 heterocycles. The Balaban J connectivity index is 1.63. The molecule has 216 valence electrons. The van der Waals surface area contributed by atoms with Crippen molar-refractivity contribution < 1.29 is 15.0 Å². The van der Waals surface area contributed by atoms with Crippen LogP contribution in [0.5, 0.6) is 0 Å². The molecule has 2 N–H and O–H groups in total. The van der Waals surface area contributed by atoms with E-state index in [2.05, 4.69) is 15.3 Å². The lowest BCUT2D eigenvalue weighted by atomic mass is 9.95. The minimum absolute atomic E-state index is 0.00619. The van der Waals surface area contributed by atoms with Crippen LogP contribution in [0.2, 0.25) is 0 Å². The van der Waals surface area contributed by atoms with Crippen molar-refractivity contribution in [3.05, 3.63) is 107 Å². The zero-order chi connectivity index (χ0) is 30.1. The van der Waals surface area contributed by atoms with Crippen LogP contribution in [0.4, 0.5) is 0 Å². The van der Waals surface area contributed by atoms with Crippen LogP contribution in [-0.2, 0) is 24.1 Å². The highest BCUT2D eigenvalue weighted by Gasteiger charge is 2.32. The molecule has 0 unspecified atom stereocenters. The number of aromatic nitrogens is 6. The average Bonchev–Trinajstić information content (AvgIpc) is 3.61. The number of hydrogen-bond donors (Lipinski definition) is 2. The van der Waals surface area contributed by atoms with Gasteiger partial charge in [-0.25, -0.2) is 9.78 Å². The number of hydrogen-bond acceptors (Lipinski definition) is 6. The number of aryl methyl sites for hydroxylation is 1. The van der Waals surface area contributed by atoms with Gasteiger partial charge in [0.15, 0.2) is 5.69 Å². The van der Waals surface area contributed by atoms with E-state index in [0.29, 0.717) is 18.1 Å². The molecule has 2 aromatic heterocycles. The lowest BCUT2D eigenvalue weighted by molar-refractivity contribution is 0.0602. The molecule has 0 aliphatic rings. The van der Waals surface area contributed by atoms with Gasteiger partial charge in [0.1, 0.15) is 22.7 Å². The summed E-state index contributed by atoms with van der Waals surface area (Å²) in [6.07, 6.45) is 1.36. The Labute approximate surface area is 245 Å². The molecule has 0 atom stereocenters. The predicted molar refractivity (Wildman–Crippen MR) is 161 cm³/mol. The number of benzene rings is 3. The molecule has 0 spiro atoms. The summed E-state index contributed by atoms with van der Waals surface area (Å²) in [5.41, 5.74) is 2.84. The van der Waals surface area contributed by atoms with Crippen molar-refractivity contribution in [1.82, 2.24) is 29.8 Å². The molecule has 0 saturated heterocycles. The van der Waals surface area contributed by atoms with E-state index in [0.717, 1.165) is 34.2 Å². The lowest BCUT2D eigenvalue weighted by Gasteiger charge is -2.23. The molecule has 0 fully saturated rings. The van der Waals surface area contributed by atoms with Crippen LogP contribution in [0.3, 0.4) is 0 Å². The molecule has 3 aromatic carbocycles. The summed E-state index contributed by atoms with van der Waals surface area (Å²) in [5.74, 6) is -0.0417. The van der Waals surface area contributed by atoms with E-state index in [1.165, 1.54) is 0 Å². The van der Waals surface area contributed by atoms with Gasteiger partial charge in [-0.15, -0.1) is 10.2 Å². The second-order valence-electron chi connectivity index (χ2n) is 11.5. The molecule has 0 aliphatic carbocycles. The molecule has 5 aromatic rings. The number of tetrazole rings is 1. The molecular formula is C33H36N6O3. The standard InChI is InChI=1S/C33H36N6O3/c1-6-13-27-34-29(33(4,5)42)28(31(40)41)38(27)21-22-18-19-25(23-14-9-7-10-15-23)26(20-22)30-35-37-39(36-30)32(2,3)24-16-11-8-12-17-24/h7-12,14-20,42H,6,13,21H2,1-5H3,(H,40,41). The molecule has 0 radical (unpaired) electrons.